The molecule has 1 aliphatic rings. The number of carbonyl (C=O) groups is 2. The largest absolute Gasteiger partial charge is 0.466 e. The van der Waals surface area contributed by atoms with E-state index in [-0.39, 0.29) is 24.0 Å². The Morgan fingerprint density at radius 2 is 2.00 bits per heavy atom. The van der Waals surface area contributed by atoms with Gasteiger partial charge in [-0.1, -0.05) is 18.2 Å². The van der Waals surface area contributed by atoms with Gasteiger partial charge in [0, 0.05) is 5.56 Å². The zero-order valence-corrected chi connectivity index (χ0v) is 11.4. The van der Waals surface area contributed by atoms with E-state index in [0.717, 1.165) is 5.56 Å². The summed E-state index contributed by atoms with van der Waals surface area (Å²) >= 11 is 0. The lowest BCUT2D eigenvalue weighted by atomic mass is 10.1. The van der Waals surface area contributed by atoms with Crippen molar-refractivity contribution in [2.75, 3.05) is 6.61 Å². The second kappa shape index (κ2) is 6.14. The Kier molecular flexibility index (Phi) is 4.30. The smallest absolute Gasteiger partial charge is 0.363 e. The standard InChI is InChI=1S/C15H15NO4/c1-3-19-12(17)9-10(2)13-15(18)20-14(16-13)11-7-5-4-6-8-11/h4-8H,3,9H2,1-2H3/b13-10-. The first-order chi connectivity index (χ1) is 9.61. The molecule has 0 atom stereocenters. The van der Waals surface area contributed by atoms with E-state index in [9.17, 15) is 9.59 Å². The average Bonchev–Trinajstić information content (AvgIpc) is 2.82. The molecule has 0 aliphatic carbocycles. The Bertz CT molecular complexity index is 587. The molecular weight excluding hydrogens is 258 g/mol. The van der Waals surface area contributed by atoms with E-state index < -0.39 is 5.97 Å². The van der Waals surface area contributed by atoms with E-state index >= 15 is 0 Å². The Labute approximate surface area is 116 Å². The van der Waals surface area contributed by atoms with E-state index in [1.807, 2.05) is 18.2 Å². The summed E-state index contributed by atoms with van der Waals surface area (Å²) in [7, 11) is 0. The molecule has 2 rings (SSSR count). The molecule has 5 nitrogen and oxygen atoms in total. The Morgan fingerprint density at radius 1 is 1.30 bits per heavy atom. The number of esters is 2. The monoisotopic (exact) mass is 273 g/mol. The van der Waals surface area contributed by atoms with Crippen LogP contribution in [-0.4, -0.2) is 24.4 Å². The van der Waals surface area contributed by atoms with Gasteiger partial charge in [0.2, 0.25) is 5.90 Å². The predicted octanol–water partition coefficient (Wildman–Crippen LogP) is 2.22. The number of benzene rings is 1. The van der Waals surface area contributed by atoms with Gasteiger partial charge >= 0.3 is 11.9 Å². The highest BCUT2D eigenvalue weighted by Gasteiger charge is 2.26. The van der Waals surface area contributed by atoms with E-state index in [4.69, 9.17) is 9.47 Å². The summed E-state index contributed by atoms with van der Waals surface area (Å²) in [5, 5.41) is 0. The number of carbonyl (C=O) groups excluding carboxylic acids is 2. The zero-order valence-electron chi connectivity index (χ0n) is 11.4. The molecule has 5 heteroatoms. The first kappa shape index (κ1) is 14.0. The van der Waals surface area contributed by atoms with E-state index in [2.05, 4.69) is 4.99 Å². The molecule has 1 aromatic carbocycles. The molecular formula is C15H15NO4. The van der Waals surface area contributed by atoms with Crippen molar-refractivity contribution in [1.82, 2.24) is 0 Å². The van der Waals surface area contributed by atoms with Crippen LogP contribution in [0.2, 0.25) is 0 Å². The number of aliphatic imine (C=N–C) groups is 1. The molecule has 20 heavy (non-hydrogen) atoms. The molecule has 0 radical (unpaired) electrons. The van der Waals surface area contributed by atoms with E-state index in [1.54, 1.807) is 26.0 Å². The molecule has 0 spiro atoms. The second-order valence-corrected chi connectivity index (χ2v) is 4.28. The van der Waals surface area contributed by atoms with Crippen LogP contribution in [0.1, 0.15) is 25.8 Å². The van der Waals surface area contributed by atoms with Crippen LogP contribution in [0.5, 0.6) is 0 Å². The maximum atomic E-state index is 11.8. The summed E-state index contributed by atoms with van der Waals surface area (Å²) in [6.07, 6.45) is 0.0316. The highest BCUT2D eigenvalue weighted by Crippen LogP contribution is 2.21. The average molecular weight is 273 g/mol. The van der Waals surface area contributed by atoms with Gasteiger partial charge in [-0.15, -0.1) is 0 Å². The SMILES string of the molecule is CCOC(=O)C/C(C)=C1\N=C(c2ccccc2)OC1=O. The summed E-state index contributed by atoms with van der Waals surface area (Å²) in [6.45, 7) is 3.71. The van der Waals surface area contributed by atoms with Crippen LogP contribution in [0, 0.1) is 0 Å². The highest BCUT2D eigenvalue weighted by atomic mass is 16.6. The van der Waals surface area contributed by atoms with Crippen LogP contribution in [0.15, 0.2) is 46.6 Å². The Morgan fingerprint density at radius 3 is 2.65 bits per heavy atom. The van der Waals surface area contributed by atoms with E-state index in [1.165, 1.54) is 0 Å². The first-order valence-corrected chi connectivity index (χ1v) is 6.33. The molecule has 0 saturated carbocycles. The minimum atomic E-state index is -0.536. The van der Waals surface area contributed by atoms with Crippen molar-refractivity contribution in [2.24, 2.45) is 4.99 Å². The predicted molar refractivity (Wildman–Crippen MR) is 73.0 cm³/mol. The fraction of sp³-hybridized carbons (Fsp3) is 0.267. The van der Waals surface area contributed by atoms with Gasteiger partial charge in [-0.05, 0) is 31.6 Å². The van der Waals surface area contributed by atoms with Gasteiger partial charge in [0.25, 0.3) is 0 Å². The third-order valence-electron chi connectivity index (χ3n) is 2.74. The number of rotatable bonds is 4. The molecule has 1 aliphatic heterocycles. The molecule has 0 bridgehead atoms. The van der Waals surface area contributed by atoms with Crippen molar-refractivity contribution in [1.29, 1.82) is 0 Å². The van der Waals surface area contributed by atoms with Crippen molar-refractivity contribution in [2.45, 2.75) is 20.3 Å². The van der Waals surface area contributed by atoms with Gasteiger partial charge in [-0.2, -0.15) is 0 Å². The van der Waals surface area contributed by atoms with Crippen LogP contribution >= 0.6 is 0 Å². The lowest BCUT2D eigenvalue weighted by Gasteiger charge is -2.02. The second-order valence-electron chi connectivity index (χ2n) is 4.28. The Hall–Kier alpha value is -2.43. The molecule has 1 heterocycles. The fourth-order valence-electron chi connectivity index (χ4n) is 1.79. The van der Waals surface area contributed by atoms with Crippen molar-refractivity contribution in [3.63, 3.8) is 0 Å². The van der Waals surface area contributed by atoms with Crippen LogP contribution in [0.3, 0.4) is 0 Å². The zero-order chi connectivity index (χ0) is 14.5. The van der Waals surface area contributed by atoms with Gasteiger partial charge in [-0.25, -0.2) is 9.79 Å². The van der Waals surface area contributed by atoms with Gasteiger partial charge in [0.1, 0.15) is 0 Å². The number of ether oxygens (including phenoxy) is 2. The van der Waals surface area contributed by atoms with Crippen molar-refractivity contribution in [3.8, 4) is 0 Å². The number of nitrogens with zero attached hydrogens (tertiary/aromatic N) is 1. The summed E-state index contributed by atoms with van der Waals surface area (Å²) in [5.41, 5.74) is 1.44. The summed E-state index contributed by atoms with van der Waals surface area (Å²) < 4.78 is 9.97. The van der Waals surface area contributed by atoms with Crippen molar-refractivity contribution < 1.29 is 19.1 Å². The first-order valence-electron chi connectivity index (χ1n) is 6.33. The maximum Gasteiger partial charge on any atom is 0.363 e. The van der Waals surface area contributed by atoms with E-state index in [0.29, 0.717) is 12.2 Å². The lowest BCUT2D eigenvalue weighted by molar-refractivity contribution is -0.142. The Balaban J connectivity index is 2.22. The molecule has 0 aromatic heterocycles. The third kappa shape index (κ3) is 3.12. The number of hydrogen-bond acceptors (Lipinski definition) is 5. The minimum Gasteiger partial charge on any atom is -0.466 e. The minimum absolute atomic E-state index is 0.0316. The van der Waals surface area contributed by atoms with Gasteiger partial charge in [0.05, 0.1) is 13.0 Å². The molecule has 0 fully saturated rings. The van der Waals surface area contributed by atoms with Crippen LogP contribution in [0.25, 0.3) is 0 Å². The molecule has 0 N–H and O–H groups in total. The van der Waals surface area contributed by atoms with Gasteiger partial charge in [0.15, 0.2) is 5.70 Å². The number of hydrogen-bond donors (Lipinski definition) is 0. The highest BCUT2D eigenvalue weighted by molar-refractivity contribution is 6.11. The quantitative estimate of drug-likeness (QED) is 0.623. The lowest BCUT2D eigenvalue weighted by Crippen LogP contribution is -2.08. The normalized spacial score (nSPS) is 16.5. The van der Waals surface area contributed by atoms with Crippen LogP contribution in [0.4, 0.5) is 0 Å². The van der Waals surface area contributed by atoms with Crippen LogP contribution in [-0.2, 0) is 19.1 Å². The van der Waals surface area contributed by atoms with Crippen LogP contribution < -0.4 is 0 Å². The number of cyclic esters (lactones) is 1. The van der Waals surface area contributed by atoms with Crippen molar-refractivity contribution in [3.05, 3.63) is 47.2 Å². The van der Waals surface area contributed by atoms with Crippen molar-refractivity contribution >= 4 is 17.8 Å². The van der Waals surface area contributed by atoms with Gasteiger partial charge in [-0.3, -0.25) is 4.79 Å². The maximum absolute atomic E-state index is 11.8. The molecule has 0 unspecified atom stereocenters. The molecule has 104 valence electrons. The third-order valence-corrected chi connectivity index (χ3v) is 2.74. The summed E-state index contributed by atoms with van der Waals surface area (Å²) in [4.78, 5) is 27.4. The summed E-state index contributed by atoms with van der Waals surface area (Å²) in [5.74, 6) is -0.659. The molecule has 0 amide bonds. The summed E-state index contributed by atoms with van der Waals surface area (Å²) in [6, 6.07) is 9.13. The molecule has 1 aromatic rings. The molecule has 0 saturated heterocycles. The topological polar surface area (TPSA) is 65.0 Å². The fourth-order valence-corrected chi connectivity index (χ4v) is 1.79. The van der Waals surface area contributed by atoms with Gasteiger partial charge < -0.3 is 9.47 Å².